The van der Waals surface area contributed by atoms with Gasteiger partial charge in [-0.2, -0.15) is 0 Å². The molecule has 196 valence electrons. The number of carbonyl (C=O) groups is 2. The molecule has 2 aliphatic carbocycles. The van der Waals surface area contributed by atoms with E-state index in [1.807, 2.05) is 49.5 Å². The number of pyridine rings is 1. The van der Waals surface area contributed by atoms with Gasteiger partial charge >= 0.3 is 5.97 Å². The highest BCUT2D eigenvalue weighted by atomic mass is 16.5. The zero-order valence-electron chi connectivity index (χ0n) is 21.5. The number of fused-ring (bicyclic) bond motifs is 1. The number of anilines is 1. The topological polar surface area (TPSA) is 109 Å². The molecular formula is C28H35N5O4. The molecule has 0 radical (unpaired) electrons. The molecule has 2 aromatic heterocycles. The molecule has 1 saturated heterocycles. The van der Waals surface area contributed by atoms with Gasteiger partial charge in [-0.15, -0.1) is 5.10 Å². The molecule has 2 unspecified atom stereocenters. The molecule has 37 heavy (non-hydrogen) atoms. The van der Waals surface area contributed by atoms with Gasteiger partial charge in [0.15, 0.2) is 5.65 Å². The highest BCUT2D eigenvalue weighted by Gasteiger charge is 2.56. The maximum atomic E-state index is 12.9. The van der Waals surface area contributed by atoms with Crippen LogP contribution < -0.4 is 10.2 Å². The van der Waals surface area contributed by atoms with E-state index >= 15 is 0 Å². The molecule has 1 aromatic carbocycles. The minimum Gasteiger partial charge on any atom is -0.480 e. The number of amides is 1. The van der Waals surface area contributed by atoms with E-state index in [0.717, 1.165) is 50.0 Å². The standard InChI is InChI=1S/C22H29N5O4.C6H6/c1-13-4-6-26(10-13)15-7-14(2)20-24-19(25-27(20)11-15)21(30)23-17-3-5-22(17)8-16(9-22)31-12-18(28)29;1-2-4-6-5-3-1/h7,11,13,16-17H,3-6,8-10,12H2,1-2H3,(H,23,30)(H,28,29);1-6H. The van der Waals surface area contributed by atoms with Crippen LogP contribution >= 0.6 is 0 Å². The predicted molar refractivity (Wildman–Crippen MR) is 140 cm³/mol. The first-order valence-electron chi connectivity index (χ1n) is 13.1. The van der Waals surface area contributed by atoms with E-state index in [9.17, 15) is 9.59 Å². The van der Waals surface area contributed by atoms with E-state index in [0.29, 0.717) is 11.6 Å². The zero-order valence-corrected chi connectivity index (χ0v) is 21.5. The van der Waals surface area contributed by atoms with Crippen LogP contribution in [-0.2, 0) is 9.53 Å². The quantitative estimate of drug-likeness (QED) is 0.526. The minimum atomic E-state index is -0.949. The van der Waals surface area contributed by atoms with E-state index in [1.54, 1.807) is 4.52 Å². The second kappa shape index (κ2) is 10.5. The molecule has 3 fully saturated rings. The molecule has 2 atom stereocenters. The van der Waals surface area contributed by atoms with Crippen LogP contribution in [0, 0.1) is 18.3 Å². The third kappa shape index (κ3) is 5.46. The molecule has 1 amide bonds. The van der Waals surface area contributed by atoms with Crippen LogP contribution in [0.25, 0.3) is 5.65 Å². The number of carboxylic acids is 1. The summed E-state index contributed by atoms with van der Waals surface area (Å²) in [6.45, 7) is 6.07. The predicted octanol–water partition coefficient (Wildman–Crippen LogP) is 3.71. The molecule has 9 nitrogen and oxygen atoms in total. The van der Waals surface area contributed by atoms with Crippen LogP contribution in [0.2, 0.25) is 0 Å². The summed E-state index contributed by atoms with van der Waals surface area (Å²) >= 11 is 0. The molecular weight excluding hydrogens is 470 g/mol. The summed E-state index contributed by atoms with van der Waals surface area (Å²) < 4.78 is 7.10. The van der Waals surface area contributed by atoms with E-state index < -0.39 is 5.97 Å². The summed E-state index contributed by atoms with van der Waals surface area (Å²) in [5.41, 5.74) is 2.86. The van der Waals surface area contributed by atoms with Gasteiger partial charge in [0.25, 0.3) is 5.91 Å². The summed E-state index contributed by atoms with van der Waals surface area (Å²) in [5.74, 6) is -0.327. The second-order valence-electron chi connectivity index (χ2n) is 10.7. The van der Waals surface area contributed by atoms with Crippen LogP contribution in [0.4, 0.5) is 5.69 Å². The van der Waals surface area contributed by atoms with Crippen LogP contribution in [0.1, 0.15) is 55.2 Å². The highest BCUT2D eigenvalue weighted by molar-refractivity contribution is 5.91. The maximum absolute atomic E-state index is 12.9. The molecule has 2 N–H and O–H groups in total. The van der Waals surface area contributed by atoms with Crippen molar-refractivity contribution >= 4 is 23.2 Å². The normalized spacial score (nSPS) is 26.2. The van der Waals surface area contributed by atoms with E-state index in [4.69, 9.17) is 9.84 Å². The molecule has 3 heterocycles. The smallest absolute Gasteiger partial charge is 0.329 e. The summed E-state index contributed by atoms with van der Waals surface area (Å²) in [6, 6.07) is 14.2. The van der Waals surface area contributed by atoms with Gasteiger partial charge in [0.2, 0.25) is 5.82 Å². The first kappa shape index (κ1) is 25.2. The van der Waals surface area contributed by atoms with Gasteiger partial charge in [-0.3, -0.25) is 4.79 Å². The Morgan fingerprint density at radius 2 is 1.86 bits per heavy atom. The Morgan fingerprint density at radius 1 is 1.16 bits per heavy atom. The van der Waals surface area contributed by atoms with E-state index in [1.165, 1.54) is 6.42 Å². The number of nitrogens with zero attached hydrogens (tertiary/aromatic N) is 4. The van der Waals surface area contributed by atoms with Crippen LogP contribution in [0.5, 0.6) is 0 Å². The Balaban J connectivity index is 0.000000412. The van der Waals surface area contributed by atoms with Crippen molar-refractivity contribution < 1.29 is 19.4 Å². The second-order valence-corrected chi connectivity index (χ2v) is 10.7. The number of hydrogen-bond donors (Lipinski definition) is 2. The number of aromatic nitrogens is 3. The van der Waals surface area contributed by atoms with Gasteiger partial charge in [-0.25, -0.2) is 14.3 Å². The fraction of sp³-hybridized carbons (Fsp3) is 0.500. The lowest BCUT2D eigenvalue weighted by atomic mass is 9.51. The summed E-state index contributed by atoms with van der Waals surface area (Å²) in [5, 5.41) is 16.3. The van der Waals surface area contributed by atoms with Crippen molar-refractivity contribution in [3.8, 4) is 0 Å². The molecule has 3 aliphatic rings. The van der Waals surface area contributed by atoms with Gasteiger partial charge in [-0.05, 0) is 62.0 Å². The SMILES string of the molecule is Cc1cc(N2CCC(C)C2)cn2nc(C(=O)NC3CCC34CC(OCC(=O)O)C4)nc12.c1ccccc1. The largest absolute Gasteiger partial charge is 0.480 e. The molecule has 1 aliphatic heterocycles. The van der Waals surface area contributed by atoms with Crippen LogP contribution in [-0.4, -0.2) is 63.4 Å². The van der Waals surface area contributed by atoms with Crippen molar-refractivity contribution in [3.63, 3.8) is 0 Å². The Labute approximate surface area is 216 Å². The van der Waals surface area contributed by atoms with Gasteiger partial charge < -0.3 is 20.1 Å². The number of rotatable bonds is 6. The monoisotopic (exact) mass is 505 g/mol. The average Bonchev–Trinajstić information content (AvgIpc) is 3.49. The molecule has 6 rings (SSSR count). The molecule has 0 bridgehead atoms. The van der Waals surface area contributed by atoms with Crippen molar-refractivity contribution in [1.29, 1.82) is 0 Å². The van der Waals surface area contributed by atoms with Gasteiger partial charge in [0, 0.05) is 19.1 Å². The first-order valence-corrected chi connectivity index (χ1v) is 13.1. The lowest BCUT2D eigenvalue weighted by Crippen LogP contribution is -2.62. The molecule has 1 spiro atoms. The van der Waals surface area contributed by atoms with Crippen molar-refractivity contribution in [2.45, 2.75) is 58.1 Å². The van der Waals surface area contributed by atoms with E-state index in [2.05, 4.69) is 33.3 Å². The average molecular weight is 506 g/mol. The fourth-order valence-corrected chi connectivity index (χ4v) is 5.74. The molecule has 2 saturated carbocycles. The Morgan fingerprint density at radius 3 is 2.43 bits per heavy atom. The maximum Gasteiger partial charge on any atom is 0.329 e. The third-order valence-corrected chi connectivity index (χ3v) is 7.95. The third-order valence-electron chi connectivity index (χ3n) is 7.95. The van der Waals surface area contributed by atoms with Gasteiger partial charge in [-0.1, -0.05) is 43.3 Å². The van der Waals surface area contributed by atoms with Crippen molar-refractivity contribution in [1.82, 2.24) is 19.9 Å². The Kier molecular flexibility index (Phi) is 7.15. The zero-order chi connectivity index (χ0) is 26.0. The van der Waals surface area contributed by atoms with Gasteiger partial charge in [0.05, 0.1) is 18.0 Å². The summed E-state index contributed by atoms with van der Waals surface area (Å²) in [7, 11) is 0. The number of carbonyl (C=O) groups excluding carboxylic acids is 1. The van der Waals surface area contributed by atoms with Crippen molar-refractivity contribution in [2.75, 3.05) is 24.6 Å². The lowest BCUT2D eigenvalue weighted by molar-refractivity contribution is -0.161. The number of aryl methyl sites for hydroxylation is 1. The minimum absolute atomic E-state index is 0.0292. The van der Waals surface area contributed by atoms with Crippen molar-refractivity contribution in [3.05, 3.63) is 60.0 Å². The first-order chi connectivity index (χ1) is 17.8. The number of ether oxygens (including phenoxy) is 1. The number of nitrogens with one attached hydrogen (secondary N) is 1. The Bertz CT molecular complexity index is 1230. The number of aliphatic carboxylic acids is 1. The lowest BCUT2D eigenvalue weighted by Gasteiger charge is -2.58. The van der Waals surface area contributed by atoms with Crippen LogP contribution in [0.3, 0.4) is 0 Å². The number of hydrogen-bond acceptors (Lipinski definition) is 6. The number of benzene rings is 1. The molecule has 9 heteroatoms. The number of carboxylic acid groups (broad SMARTS) is 1. The highest BCUT2D eigenvalue weighted by Crippen LogP contribution is 2.56. The van der Waals surface area contributed by atoms with Crippen LogP contribution in [0.15, 0.2) is 48.7 Å². The summed E-state index contributed by atoms with van der Waals surface area (Å²) in [4.78, 5) is 30.4. The van der Waals surface area contributed by atoms with Crippen molar-refractivity contribution in [2.24, 2.45) is 11.3 Å². The van der Waals surface area contributed by atoms with E-state index in [-0.39, 0.29) is 35.9 Å². The fourth-order valence-electron chi connectivity index (χ4n) is 5.74. The Hall–Kier alpha value is -3.46. The van der Waals surface area contributed by atoms with Gasteiger partial charge in [0.1, 0.15) is 6.61 Å². The summed E-state index contributed by atoms with van der Waals surface area (Å²) in [6.07, 6.45) is 6.65. The molecule has 3 aromatic rings.